The van der Waals surface area contributed by atoms with Crippen LogP contribution >= 0.6 is 0 Å². The van der Waals surface area contributed by atoms with Crippen molar-refractivity contribution in [3.63, 3.8) is 0 Å². The van der Waals surface area contributed by atoms with Gasteiger partial charge in [-0.15, -0.1) is 0 Å². The fraction of sp³-hybridized carbons (Fsp3) is 0.143. The molecule has 0 spiro atoms. The molecule has 0 atom stereocenters. The second-order valence-electron chi connectivity index (χ2n) is 2.49. The Kier molecular flexibility index (Phi) is 1.56. The minimum Gasteiger partial charge on any atom is -0.383 e. The average Bonchev–Trinajstić information content (AvgIpc) is 2.51. The molecule has 2 heterocycles. The number of aromatic amines is 1. The second kappa shape index (κ2) is 2.71. The Bertz CT molecular complexity index is 479. The maximum absolute atomic E-state index is 8.51. The Labute approximate surface area is 73.4 Å². The van der Waals surface area contributed by atoms with Gasteiger partial charge in [0.05, 0.1) is 23.6 Å². The van der Waals surface area contributed by atoms with Gasteiger partial charge in [0.25, 0.3) is 0 Å². The van der Waals surface area contributed by atoms with E-state index in [9.17, 15) is 0 Å². The molecule has 0 saturated carbocycles. The number of H-pyrrole nitrogens is 1. The fourth-order valence-electron chi connectivity index (χ4n) is 1.15. The molecule has 0 unspecified atom stereocenters. The predicted octanol–water partition coefficient (Wildman–Crippen LogP) is 0.00118. The Morgan fingerprint density at radius 1 is 1.54 bits per heavy atom. The van der Waals surface area contributed by atoms with E-state index in [1.54, 1.807) is 0 Å². The quantitative estimate of drug-likeness (QED) is 0.633. The number of rotatable bonds is 1. The topological polar surface area (TPSA) is 104 Å². The molecule has 2 aromatic rings. The van der Waals surface area contributed by atoms with Crippen molar-refractivity contribution in [2.75, 3.05) is 5.73 Å². The average molecular weight is 174 g/mol. The molecule has 6 heteroatoms. The van der Waals surface area contributed by atoms with E-state index in [0.29, 0.717) is 22.5 Å². The Hall–Kier alpha value is -2.16. The smallest absolute Gasteiger partial charge is 0.186 e. The van der Waals surface area contributed by atoms with Crippen LogP contribution in [-0.2, 0) is 6.42 Å². The first-order valence-electron chi connectivity index (χ1n) is 3.63. The molecule has 6 nitrogen and oxygen atoms in total. The standard InChI is InChI=1S/C7H6N6/c8-2-1-4-5-6(9)10-3-11-7(5)13-12-4/h3H,1H2,(H3,9,10,11,12,13). The lowest BCUT2D eigenvalue weighted by Crippen LogP contribution is -1.93. The van der Waals surface area contributed by atoms with Crippen LogP contribution in [0.25, 0.3) is 11.0 Å². The molecule has 0 aliphatic carbocycles. The summed E-state index contributed by atoms with van der Waals surface area (Å²) in [5, 5.41) is 15.7. The number of aromatic nitrogens is 4. The zero-order valence-corrected chi connectivity index (χ0v) is 6.65. The monoisotopic (exact) mass is 174 g/mol. The van der Waals surface area contributed by atoms with Gasteiger partial charge in [0.1, 0.15) is 12.1 Å². The summed E-state index contributed by atoms with van der Waals surface area (Å²) in [5.41, 5.74) is 6.77. The molecule has 0 bridgehead atoms. The molecule has 0 aliphatic heterocycles. The number of anilines is 1. The summed E-state index contributed by atoms with van der Waals surface area (Å²) >= 11 is 0. The molecule has 13 heavy (non-hydrogen) atoms. The van der Waals surface area contributed by atoms with Gasteiger partial charge in [0.2, 0.25) is 0 Å². The van der Waals surface area contributed by atoms with Gasteiger partial charge in [0.15, 0.2) is 5.65 Å². The minimum atomic E-state index is 0.230. The van der Waals surface area contributed by atoms with Crippen LogP contribution in [0.2, 0.25) is 0 Å². The minimum absolute atomic E-state index is 0.230. The van der Waals surface area contributed by atoms with Crippen LogP contribution in [-0.4, -0.2) is 20.2 Å². The molecule has 2 rings (SSSR count). The van der Waals surface area contributed by atoms with Crippen molar-refractivity contribution in [1.82, 2.24) is 20.2 Å². The zero-order valence-electron chi connectivity index (χ0n) is 6.65. The first-order chi connectivity index (χ1) is 6.33. The number of nitrogens with two attached hydrogens (primary N) is 1. The Morgan fingerprint density at radius 2 is 2.38 bits per heavy atom. The predicted molar refractivity (Wildman–Crippen MR) is 45.4 cm³/mol. The first kappa shape index (κ1) is 7.49. The van der Waals surface area contributed by atoms with Gasteiger partial charge in [-0.2, -0.15) is 10.4 Å². The molecule has 64 valence electrons. The highest BCUT2D eigenvalue weighted by molar-refractivity contribution is 5.87. The summed E-state index contributed by atoms with van der Waals surface area (Å²) in [6, 6.07) is 2.01. The fourth-order valence-corrected chi connectivity index (χ4v) is 1.15. The van der Waals surface area contributed by atoms with Crippen LogP contribution in [0.15, 0.2) is 6.33 Å². The number of hydrogen-bond acceptors (Lipinski definition) is 5. The molecular formula is C7H6N6. The van der Waals surface area contributed by atoms with Crippen molar-refractivity contribution in [3.05, 3.63) is 12.0 Å². The summed E-state index contributed by atoms with van der Waals surface area (Å²) in [7, 11) is 0. The molecule has 0 aliphatic rings. The van der Waals surface area contributed by atoms with E-state index >= 15 is 0 Å². The lowest BCUT2D eigenvalue weighted by atomic mass is 10.2. The SMILES string of the molecule is N#CCc1[nH]nc2ncnc(N)c12. The number of nitrogen functional groups attached to an aromatic ring is 1. The van der Waals surface area contributed by atoms with Crippen molar-refractivity contribution in [2.24, 2.45) is 0 Å². The Morgan fingerprint density at radius 3 is 3.15 bits per heavy atom. The van der Waals surface area contributed by atoms with Gasteiger partial charge in [-0.05, 0) is 0 Å². The lowest BCUT2D eigenvalue weighted by Gasteiger charge is -1.93. The molecule has 3 N–H and O–H groups in total. The van der Waals surface area contributed by atoms with Crippen molar-refractivity contribution < 1.29 is 0 Å². The van der Waals surface area contributed by atoms with Crippen LogP contribution < -0.4 is 5.73 Å². The number of nitrogens with one attached hydrogen (secondary N) is 1. The number of nitriles is 1. The maximum Gasteiger partial charge on any atom is 0.186 e. The van der Waals surface area contributed by atoms with Crippen LogP contribution in [0, 0.1) is 11.3 Å². The normalized spacial score (nSPS) is 10.1. The highest BCUT2D eigenvalue weighted by atomic mass is 15.2. The maximum atomic E-state index is 8.51. The van der Waals surface area contributed by atoms with E-state index in [4.69, 9.17) is 11.0 Å². The molecule has 2 aromatic heterocycles. The van der Waals surface area contributed by atoms with Gasteiger partial charge in [-0.1, -0.05) is 0 Å². The van der Waals surface area contributed by atoms with Gasteiger partial charge in [0, 0.05) is 0 Å². The molecule has 0 saturated heterocycles. The molecule has 0 radical (unpaired) electrons. The van der Waals surface area contributed by atoms with E-state index in [1.165, 1.54) is 6.33 Å². The van der Waals surface area contributed by atoms with Crippen molar-refractivity contribution in [1.29, 1.82) is 5.26 Å². The third-order valence-electron chi connectivity index (χ3n) is 1.71. The molecule has 0 amide bonds. The number of nitrogens with zero attached hydrogens (tertiary/aromatic N) is 4. The number of hydrogen-bond donors (Lipinski definition) is 2. The third-order valence-corrected chi connectivity index (χ3v) is 1.71. The zero-order chi connectivity index (χ0) is 9.26. The summed E-state index contributed by atoms with van der Waals surface area (Å²) in [6.45, 7) is 0. The van der Waals surface area contributed by atoms with Crippen LogP contribution in [0.4, 0.5) is 5.82 Å². The first-order valence-corrected chi connectivity index (χ1v) is 3.63. The molecule has 0 fully saturated rings. The van der Waals surface area contributed by atoms with Crippen LogP contribution in [0.3, 0.4) is 0 Å². The lowest BCUT2D eigenvalue weighted by molar-refractivity contribution is 1.02. The van der Waals surface area contributed by atoms with E-state index in [-0.39, 0.29) is 6.42 Å². The summed E-state index contributed by atoms with van der Waals surface area (Å²) < 4.78 is 0. The van der Waals surface area contributed by atoms with Crippen molar-refractivity contribution in [3.8, 4) is 6.07 Å². The summed E-state index contributed by atoms with van der Waals surface area (Å²) in [4.78, 5) is 7.72. The van der Waals surface area contributed by atoms with Gasteiger partial charge >= 0.3 is 0 Å². The highest BCUT2D eigenvalue weighted by Gasteiger charge is 2.09. The largest absolute Gasteiger partial charge is 0.383 e. The van der Waals surface area contributed by atoms with Crippen LogP contribution in [0.1, 0.15) is 5.69 Å². The van der Waals surface area contributed by atoms with E-state index in [1.807, 2.05) is 6.07 Å². The molecular weight excluding hydrogens is 168 g/mol. The van der Waals surface area contributed by atoms with Gasteiger partial charge < -0.3 is 5.73 Å². The van der Waals surface area contributed by atoms with Gasteiger partial charge in [-0.25, -0.2) is 9.97 Å². The van der Waals surface area contributed by atoms with Crippen molar-refractivity contribution >= 4 is 16.9 Å². The Balaban J connectivity index is 2.73. The van der Waals surface area contributed by atoms with E-state index < -0.39 is 0 Å². The van der Waals surface area contributed by atoms with E-state index in [2.05, 4.69) is 20.2 Å². The second-order valence-corrected chi connectivity index (χ2v) is 2.49. The molecule has 0 aromatic carbocycles. The summed E-state index contributed by atoms with van der Waals surface area (Å²) in [5.74, 6) is 0.351. The van der Waals surface area contributed by atoms with Crippen LogP contribution in [0.5, 0.6) is 0 Å². The highest BCUT2D eigenvalue weighted by Crippen LogP contribution is 2.18. The number of fused-ring (bicyclic) bond motifs is 1. The summed E-state index contributed by atoms with van der Waals surface area (Å²) in [6.07, 6.45) is 1.57. The van der Waals surface area contributed by atoms with E-state index in [0.717, 1.165) is 0 Å². The van der Waals surface area contributed by atoms with Gasteiger partial charge in [-0.3, -0.25) is 5.10 Å². The van der Waals surface area contributed by atoms with Crippen molar-refractivity contribution in [2.45, 2.75) is 6.42 Å². The third kappa shape index (κ3) is 1.06.